The van der Waals surface area contributed by atoms with Crippen LogP contribution in [0.2, 0.25) is 0 Å². The van der Waals surface area contributed by atoms with Crippen molar-refractivity contribution in [3.63, 3.8) is 0 Å². The van der Waals surface area contributed by atoms with Crippen molar-refractivity contribution < 1.29 is 9.59 Å². The van der Waals surface area contributed by atoms with E-state index in [1.807, 2.05) is 43.0 Å². The zero-order valence-corrected chi connectivity index (χ0v) is 16.0. The van der Waals surface area contributed by atoms with Gasteiger partial charge < -0.3 is 21.3 Å². The molecule has 1 saturated heterocycles. The molecule has 1 fully saturated rings. The van der Waals surface area contributed by atoms with Crippen LogP contribution in [0.5, 0.6) is 0 Å². The van der Waals surface area contributed by atoms with E-state index in [4.69, 9.17) is 5.73 Å². The summed E-state index contributed by atoms with van der Waals surface area (Å²) in [6.07, 6.45) is 0.947. The van der Waals surface area contributed by atoms with E-state index in [9.17, 15) is 9.59 Å². The van der Waals surface area contributed by atoms with Gasteiger partial charge >= 0.3 is 6.03 Å². The average molecular weight is 369 g/mol. The van der Waals surface area contributed by atoms with Crippen molar-refractivity contribution in [1.82, 2.24) is 15.5 Å². The second-order valence-electron chi connectivity index (χ2n) is 7.17. The normalized spacial score (nSPS) is 19.5. The van der Waals surface area contributed by atoms with E-state index in [0.29, 0.717) is 25.2 Å². The van der Waals surface area contributed by atoms with E-state index in [-0.39, 0.29) is 35.8 Å². The first kappa shape index (κ1) is 21.3. The molecule has 1 heterocycles. The number of carbonyl (C=O) groups excluding carboxylic acids is 2. The average Bonchev–Trinajstić information content (AvgIpc) is 2.95. The number of likely N-dealkylation sites (tertiary alicyclic amines) is 1. The summed E-state index contributed by atoms with van der Waals surface area (Å²) in [7, 11) is 0. The number of amides is 3. The fraction of sp³-hybridized carbons (Fsp3) is 0.556. The number of benzene rings is 1. The zero-order valence-electron chi connectivity index (χ0n) is 15.2. The summed E-state index contributed by atoms with van der Waals surface area (Å²) >= 11 is 0. The smallest absolute Gasteiger partial charge is 0.315 e. The number of halogens is 1. The molecule has 7 heteroatoms. The molecule has 3 amide bonds. The Morgan fingerprint density at radius 2 is 1.92 bits per heavy atom. The van der Waals surface area contributed by atoms with Gasteiger partial charge in [-0.1, -0.05) is 19.1 Å². The summed E-state index contributed by atoms with van der Waals surface area (Å²) < 4.78 is 0. The number of carbonyl (C=O) groups is 2. The second-order valence-corrected chi connectivity index (χ2v) is 7.17. The van der Waals surface area contributed by atoms with Gasteiger partial charge in [0, 0.05) is 31.2 Å². The van der Waals surface area contributed by atoms with Crippen LogP contribution < -0.4 is 16.4 Å². The van der Waals surface area contributed by atoms with Gasteiger partial charge in [-0.15, -0.1) is 12.4 Å². The number of nitrogens with one attached hydrogen (secondary N) is 2. The zero-order chi connectivity index (χ0) is 17.7. The summed E-state index contributed by atoms with van der Waals surface area (Å²) in [6, 6.07) is 7.30. The Balaban J connectivity index is 0.00000312. The van der Waals surface area contributed by atoms with Crippen molar-refractivity contribution in [2.24, 2.45) is 11.1 Å². The van der Waals surface area contributed by atoms with Crippen LogP contribution in [0.25, 0.3) is 0 Å². The van der Waals surface area contributed by atoms with E-state index in [1.54, 1.807) is 0 Å². The monoisotopic (exact) mass is 368 g/mol. The van der Waals surface area contributed by atoms with Crippen molar-refractivity contribution in [3.05, 3.63) is 35.4 Å². The van der Waals surface area contributed by atoms with Crippen molar-refractivity contribution in [3.8, 4) is 0 Å². The van der Waals surface area contributed by atoms with E-state index in [0.717, 1.165) is 18.5 Å². The van der Waals surface area contributed by atoms with Gasteiger partial charge in [0.05, 0.1) is 0 Å². The lowest BCUT2D eigenvalue weighted by atomic mass is 9.90. The van der Waals surface area contributed by atoms with Crippen LogP contribution in [0.1, 0.15) is 43.1 Å². The van der Waals surface area contributed by atoms with Crippen LogP contribution in [0, 0.1) is 5.41 Å². The predicted octanol–water partition coefficient (Wildman–Crippen LogP) is 2.13. The third kappa shape index (κ3) is 5.90. The maximum Gasteiger partial charge on any atom is 0.315 e. The van der Waals surface area contributed by atoms with Gasteiger partial charge in [0.25, 0.3) is 5.91 Å². The van der Waals surface area contributed by atoms with Crippen LogP contribution in [0.15, 0.2) is 24.3 Å². The van der Waals surface area contributed by atoms with Crippen molar-refractivity contribution in [2.75, 3.05) is 19.6 Å². The molecule has 1 aliphatic rings. The lowest BCUT2D eigenvalue weighted by Crippen LogP contribution is -2.39. The number of urea groups is 1. The van der Waals surface area contributed by atoms with Gasteiger partial charge in [0.1, 0.15) is 0 Å². The molecule has 2 rings (SSSR count). The predicted molar refractivity (Wildman–Crippen MR) is 102 cm³/mol. The Bertz CT molecular complexity index is 591. The van der Waals surface area contributed by atoms with Crippen LogP contribution in [-0.2, 0) is 6.54 Å². The highest BCUT2D eigenvalue weighted by Crippen LogP contribution is 2.29. The number of hydrogen-bond donors (Lipinski definition) is 3. The molecule has 1 aliphatic heterocycles. The molecule has 25 heavy (non-hydrogen) atoms. The van der Waals surface area contributed by atoms with Crippen LogP contribution >= 0.6 is 12.4 Å². The molecule has 0 bridgehead atoms. The molecule has 6 nitrogen and oxygen atoms in total. The van der Waals surface area contributed by atoms with Crippen molar-refractivity contribution >= 4 is 24.3 Å². The summed E-state index contributed by atoms with van der Waals surface area (Å²) in [6.45, 7) is 8.44. The summed E-state index contributed by atoms with van der Waals surface area (Å²) in [5, 5.41) is 5.56. The fourth-order valence-corrected chi connectivity index (χ4v) is 2.81. The number of rotatable bonds is 5. The minimum atomic E-state index is -0.191. The first-order valence-corrected chi connectivity index (χ1v) is 8.46. The standard InChI is InChI=1S/C18H28N4O2.ClH/c1-13(2)21-17(24)20-10-14-4-6-15(7-5-14)16(23)22-9-8-18(3,11-19)12-22;/h4-7,13H,8-12,19H2,1-3H3,(H2,20,21,24);1H. The van der Waals surface area contributed by atoms with Crippen LogP contribution in [0.3, 0.4) is 0 Å². The van der Waals surface area contributed by atoms with E-state index < -0.39 is 0 Å². The topological polar surface area (TPSA) is 87.5 Å². The highest BCUT2D eigenvalue weighted by molar-refractivity contribution is 5.94. The molecular formula is C18H29ClN4O2. The highest BCUT2D eigenvalue weighted by atomic mass is 35.5. The number of hydrogen-bond acceptors (Lipinski definition) is 3. The minimum Gasteiger partial charge on any atom is -0.338 e. The quantitative estimate of drug-likeness (QED) is 0.744. The number of nitrogens with two attached hydrogens (primary N) is 1. The first-order valence-electron chi connectivity index (χ1n) is 8.46. The Hall–Kier alpha value is -1.79. The van der Waals surface area contributed by atoms with Gasteiger partial charge in [0.15, 0.2) is 0 Å². The molecule has 1 aromatic rings. The fourth-order valence-electron chi connectivity index (χ4n) is 2.81. The molecule has 1 unspecified atom stereocenters. The van der Waals surface area contributed by atoms with Crippen molar-refractivity contribution in [2.45, 2.75) is 39.8 Å². The van der Waals surface area contributed by atoms with E-state index in [2.05, 4.69) is 17.6 Å². The Labute approximate surface area is 155 Å². The number of nitrogens with zero attached hydrogens (tertiary/aromatic N) is 1. The molecule has 0 spiro atoms. The third-order valence-electron chi connectivity index (χ3n) is 4.41. The molecular weight excluding hydrogens is 340 g/mol. The SMILES string of the molecule is CC(C)NC(=O)NCc1ccc(C(=O)N2CCC(C)(CN)C2)cc1.Cl. The third-order valence-corrected chi connectivity index (χ3v) is 4.41. The highest BCUT2D eigenvalue weighted by Gasteiger charge is 2.35. The maximum absolute atomic E-state index is 12.6. The van der Waals surface area contributed by atoms with Crippen LogP contribution in [-0.4, -0.2) is 42.5 Å². The molecule has 0 radical (unpaired) electrons. The van der Waals surface area contributed by atoms with Gasteiger partial charge in [-0.25, -0.2) is 4.79 Å². The Morgan fingerprint density at radius 1 is 1.28 bits per heavy atom. The second kappa shape index (κ2) is 9.06. The summed E-state index contributed by atoms with van der Waals surface area (Å²) in [4.78, 5) is 26.0. The first-order chi connectivity index (χ1) is 11.3. The van der Waals surface area contributed by atoms with Crippen molar-refractivity contribution in [1.29, 1.82) is 0 Å². The van der Waals surface area contributed by atoms with E-state index in [1.165, 1.54) is 0 Å². The largest absolute Gasteiger partial charge is 0.338 e. The summed E-state index contributed by atoms with van der Waals surface area (Å²) in [5.74, 6) is 0.0456. The molecule has 1 atom stereocenters. The Morgan fingerprint density at radius 3 is 2.44 bits per heavy atom. The molecule has 0 aliphatic carbocycles. The van der Waals surface area contributed by atoms with Gasteiger partial charge in [-0.05, 0) is 49.9 Å². The van der Waals surface area contributed by atoms with Gasteiger partial charge in [0.2, 0.25) is 0 Å². The maximum atomic E-state index is 12.6. The lowest BCUT2D eigenvalue weighted by molar-refractivity contribution is 0.0777. The Kier molecular flexibility index (Phi) is 7.70. The van der Waals surface area contributed by atoms with Crippen LogP contribution in [0.4, 0.5) is 4.79 Å². The lowest BCUT2D eigenvalue weighted by Gasteiger charge is -2.22. The molecule has 0 aromatic heterocycles. The van der Waals surface area contributed by atoms with Gasteiger partial charge in [-0.2, -0.15) is 0 Å². The van der Waals surface area contributed by atoms with E-state index >= 15 is 0 Å². The minimum absolute atomic E-state index is 0. The summed E-state index contributed by atoms with van der Waals surface area (Å²) in [5.41, 5.74) is 7.46. The van der Waals surface area contributed by atoms with Gasteiger partial charge in [-0.3, -0.25) is 4.79 Å². The molecule has 1 aromatic carbocycles. The molecule has 140 valence electrons. The molecule has 0 saturated carbocycles. The molecule has 4 N–H and O–H groups in total.